The highest BCUT2D eigenvalue weighted by Crippen LogP contribution is 2.28. The van der Waals surface area contributed by atoms with Gasteiger partial charge in [-0.1, -0.05) is 6.07 Å². The molecule has 4 heteroatoms. The minimum absolute atomic E-state index is 0.245. The van der Waals surface area contributed by atoms with Crippen LogP contribution in [0.4, 0.5) is 5.82 Å². The van der Waals surface area contributed by atoms with Crippen molar-refractivity contribution in [2.24, 2.45) is 5.73 Å². The first-order valence-corrected chi connectivity index (χ1v) is 6.03. The monoisotopic (exact) mass is 245 g/mol. The number of likely N-dealkylation sites (N-methyl/N-ethyl adjacent to an activating group) is 1. The highest BCUT2D eigenvalue weighted by Gasteiger charge is 2.13. The van der Waals surface area contributed by atoms with Gasteiger partial charge in [0.2, 0.25) is 0 Å². The fourth-order valence-electron chi connectivity index (χ4n) is 1.91. The van der Waals surface area contributed by atoms with Crippen molar-refractivity contribution in [3.05, 3.63) is 30.5 Å². The van der Waals surface area contributed by atoms with Crippen LogP contribution in [0, 0.1) is 0 Å². The van der Waals surface area contributed by atoms with Crippen molar-refractivity contribution >= 4 is 16.6 Å². The van der Waals surface area contributed by atoms with Gasteiger partial charge in [0, 0.05) is 31.2 Å². The number of nitrogens with two attached hydrogens (primary N) is 1. The second-order valence-electron chi connectivity index (χ2n) is 4.42. The normalized spacial score (nSPS) is 12.4. The van der Waals surface area contributed by atoms with Crippen molar-refractivity contribution in [2.75, 3.05) is 25.6 Å². The van der Waals surface area contributed by atoms with E-state index in [9.17, 15) is 0 Å². The number of nitrogens with zero attached hydrogens (tertiary/aromatic N) is 2. The van der Waals surface area contributed by atoms with E-state index in [-0.39, 0.29) is 6.04 Å². The first kappa shape index (κ1) is 12.6. The van der Waals surface area contributed by atoms with Crippen LogP contribution in [-0.2, 0) is 0 Å². The predicted octanol–water partition coefficient (Wildman–Crippen LogP) is 2.03. The maximum absolute atomic E-state index is 5.72. The topological polar surface area (TPSA) is 51.4 Å². The summed E-state index contributed by atoms with van der Waals surface area (Å²) in [7, 11) is 3.68. The van der Waals surface area contributed by atoms with Gasteiger partial charge >= 0.3 is 0 Å². The Bertz CT molecular complexity index is 542. The number of hydrogen-bond donors (Lipinski definition) is 1. The molecule has 1 aromatic carbocycles. The smallest absolute Gasteiger partial charge is 0.136 e. The molecule has 0 spiro atoms. The zero-order valence-corrected chi connectivity index (χ0v) is 11.1. The van der Waals surface area contributed by atoms with E-state index in [1.54, 1.807) is 7.11 Å². The number of benzene rings is 1. The third-order valence-electron chi connectivity index (χ3n) is 3.29. The third-order valence-corrected chi connectivity index (χ3v) is 3.29. The van der Waals surface area contributed by atoms with Gasteiger partial charge in [0.15, 0.2) is 0 Å². The summed E-state index contributed by atoms with van der Waals surface area (Å²) >= 11 is 0. The standard InChI is InChI=1S/C14H19N3O/c1-10(9-15)17(2)14-13-8-12(18-3)5-4-11(13)6-7-16-14/h4-8,10H,9,15H2,1-3H3. The molecule has 1 aromatic heterocycles. The Kier molecular flexibility index (Phi) is 3.67. The molecule has 2 N–H and O–H groups in total. The van der Waals surface area contributed by atoms with Crippen LogP contribution in [-0.4, -0.2) is 31.7 Å². The number of methoxy groups -OCH3 is 1. The van der Waals surface area contributed by atoms with Gasteiger partial charge in [0.1, 0.15) is 11.6 Å². The van der Waals surface area contributed by atoms with Crippen molar-refractivity contribution in [2.45, 2.75) is 13.0 Å². The Morgan fingerprint density at radius 2 is 2.17 bits per heavy atom. The van der Waals surface area contributed by atoms with Crippen LogP contribution >= 0.6 is 0 Å². The number of rotatable bonds is 4. The van der Waals surface area contributed by atoms with Gasteiger partial charge < -0.3 is 15.4 Å². The minimum atomic E-state index is 0.245. The molecule has 2 aromatic rings. The summed E-state index contributed by atoms with van der Waals surface area (Å²) in [5.74, 6) is 1.77. The van der Waals surface area contributed by atoms with E-state index in [0.717, 1.165) is 22.3 Å². The second kappa shape index (κ2) is 5.23. The summed E-state index contributed by atoms with van der Waals surface area (Å²) in [5, 5.41) is 2.23. The van der Waals surface area contributed by atoms with Gasteiger partial charge in [-0.15, -0.1) is 0 Å². The quantitative estimate of drug-likeness (QED) is 0.895. The van der Waals surface area contributed by atoms with E-state index in [4.69, 9.17) is 10.5 Å². The van der Waals surface area contributed by atoms with Gasteiger partial charge in [0.05, 0.1) is 7.11 Å². The van der Waals surface area contributed by atoms with Crippen LogP contribution in [0.3, 0.4) is 0 Å². The Balaban J connectivity index is 2.55. The van der Waals surface area contributed by atoms with E-state index < -0.39 is 0 Å². The summed E-state index contributed by atoms with van der Waals surface area (Å²) in [6.45, 7) is 2.68. The molecular formula is C14H19N3O. The average Bonchev–Trinajstić information content (AvgIpc) is 2.44. The predicted molar refractivity (Wildman–Crippen MR) is 75.2 cm³/mol. The van der Waals surface area contributed by atoms with E-state index in [0.29, 0.717) is 6.54 Å². The highest BCUT2D eigenvalue weighted by molar-refractivity contribution is 5.93. The molecule has 0 fully saturated rings. The van der Waals surface area contributed by atoms with Crippen LogP contribution in [0.1, 0.15) is 6.92 Å². The van der Waals surface area contributed by atoms with Crippen molar-refractivity contribution < 1.29 is 4.74 Å². The summed E-state index contributed by atoms with van der Waals surface area (Å²) in [5.41, 5.74) is 5.72. The Labute approximate surface area is 107 Å². The largest absolute Gasteiger partial charge is 0.497 e. The summed E-state index contributed by atoms with van der Waals surface area (Å²) in [4.78, 5) is 6.57. The molecule has 0 radical (unpaired) electrons. The maximum atomic E-state index is 5.72. The lowest BCUT2D eigenvalue weighted by Crippen LogP contribution is -2.35. The zero-order chi connectivity index (χ0) is 13.1. The Morgan fingerprint density at radius 3 is 2.83 bits per heavy atom. The Morgan fingerprint density at radius 1 is 1.39 bits per heavy atom. The molecule has 0 aliphatic rings. The summed E-state index contributed by atoms with van der Waals surface area (Å²) in [6, 6.07) is 8.25. The second-order valence-corrected chi connectivity index (χ2v) is 4.42. The van der Waals surface area contributed by atoms with Crippen LogP contribution < -0.4 is 15.4 Å². The fraction of sp³-hybridized carbons (Fsp3) is 0.357. The van der Waals surface area contributed by atoms with Crippen molar-refractivity contribution in [3.63, 3.8) is 0 Å². The molecule has 1 atom stereocenters. The molecule has 0 aliphatic carbocycles. The molecule has 0 bridgehead atoms. The third kappa shape index (κ3) is 2.24. The average molecular weight is 245 g/mol. The molecule has 0 aliphatic heterocycles. The first-order chi connectivity index (χ1) is 8.67. The minimum Gasteiger partial charge on any atom is -0.497 e. The molecule has 4 nitrogen and oxygen atoms in total. The van der Waals surface area contributed by atoms with Gasteiger partial charge in [0.25, 0.3) is 0 Å². The number of hydrogen-bond acceptors (Lipinski definition) is 4. The van der Waals surface area contributed by atoms with Gasteiger partial charge in [-0.2, -0.15) is 0 Å². The Hall–Kier alpha value is -1.81. The van der Waals surface area contributed by atoms with Crippen molar-refractivity contribution in [1.82, 2.24) is 4.98 Å². The lowest BCUT2D eigenvalue weighted by atomic mass is 10.1. The van der Waals surface area contributed by atoms with Crippen LogP contribution in [0.2, 0.25) is 0 Å². The molecule has 18 heavy (non-hydrogen) atoms. The lowest BCUT2D eigenvalue weighted by molar-refractivity contribution is 0.415. The molecule has 2 rings (SSSR count). The number of aromatic nitrogens is 1. The number of fused-ring (bicyclic) bond motifs is 1. The molecule has 0 amide bonds. The summed E-state index contributed by atoms with van der Waals surface area (Å²) in [6.07, 6.45) is 1.82. The fourth-order valence-corrected chi connectivity index (χ4v) is 1.91. The maximum Gasteiger partial charge on any atom is 0.136 e. The molecule has 1 heterocycles. The van der Waals surface area contributed by atoms with Crippen LogP contribution in [0.15, 0.2) is 30.5 Å². The molecular weight excluding hydrogens is 226 g/mol. The number of pyridine rings is 1. The molecule has 1 unspecified atom stereocenters. The van der Waals surface area contributed by atoms with Crippen LogP contribution in [0.25, 0.3) is 10.8 Å². The first-order valence-electron chi connectivity index (χ1n) is 6.03. The van der Waals surface area contributed by atoms with E-state index >= 15 is 0 Å². The van der Waals surface area contributed by atoms with Crippen LogP contribution in [0.5, 0.6) is 5.75 Å². The van der Waals surface area contributed by atoms with Crippen molar-refractivity contribution in [1.29, 1.82) is 0 Å². The lowest BCUT2D eigenvalue weighted by Gasteiger charge is -2.26. The van der Waals surface area contributed by atoms with Crippen molar-refractivity contribution in [3.8, 4) is 5.75 Å². The van der Waals surface area contributed by atoms with E-state index in [1.807, 2.05) is 37.5 Å². The molecule has 0 saturated heterocycles. The van der Waals surface area contributed by atoms with Gasteiger partial charge in [-0.3, -0.25) is 0 Å². The number of ether oxygens (including phenoxy) is 1. The molecule has 0 saturated carbocycles. The summed E-state index contributed by atoms with van der Waals surface area (Å²) < 4.78 is 5.27. The van der Waals surface area contributed by atoms with E-state index in [2.05, 4.69) is 16.8 Å². The number of anilines is 1. The SMILES string of the molecule is COc1ccc2ccnc(N(C)C(C)CN)c2c1. The van der Waals surface area contributed by atoms with Gasteiger partial charge in [-0.05, 0) is 30.5 Å². The highest BCUT2D eigenvalue weighted by atomic mass is 16.5. The zero-order valence-electron chi connectivity index (χ0n) is 11.1. The van der Waals surface area contributed by atoms with Gasteiger partial charge in [-0.25, -0.2) is 4.98 Å². The van der Waals surface area contributed by atoms with E-state index in [1.165, 1.54) is 0 Å². The molecule has 96 valence electrons.